The predicted molar refractivity (Wildman–Crippen MR) is 86.1 cm³/mol. The molecule has 19 heavy (non-hydrogen) atoms. The minimum Gasteiger partial charge on any atom is -0.368 e. The van der Waals surface area contributed by atoms with Gasteiger partial charge in [-0.2, -0.15) is 0 Å². The molecule has 0 aromatic heterocycles. The molecular weight excluding hydrogens is 278 g/mol. The minimum atomic E-state index is 0.871. The van der Waals surface area contributed by atoms with Gasteiger partial charge in [-0.15, -0.1) is 0 Å². The molecule has 0 atom stereocenters. The molecule has 1 N–H and O–H groups in total. The Morgan fingerprint density at radius 1 is 1.26 bits per heavy atom. The lowest BCUT2D eigenvalue weighted by Gasteiger charge is -2.36. The first-order valence-corrected chi connectivity index (χ1v) is 8.15. The molecule has 1 aliphatic heterocycles. The topological polar surface area (TPSA) is 18.5 Å². The molecule has 1 saturated heterocycles. The Balaban J connectivity index is 1.85. The van der Waals surface area contributed by atoms with E-state index in [1.165, 1.54) is 11.3 Å². The van der Waals surface area contributed by atoms with E-state index in [2.05, 4.69) is 40.5 Å². The van der Waals surface area contributed by atoms with Crippen molar-refractivity contribution in [2.45, 2.75) is 13.8 Å². The molecule has 0 radical (unpaired) electrons. The van der Waals surface area contributed by atoms with Crippen molar-refractivity contribution in [2.24, 2.45) is 0 Å². The molecule has 5 heteroatoms. The summed E-state index contributed by atoms with van der Waals surface area (Å²) in [4.78, 5) is 4.86. The molecule has 0 aliphatic carbocycles. The van der Waals surface area contributed by atoms with E-state index in [0.717, 1.165) is 43.6 Å². The average molecular weight is 300 g/mol. The fraction of sp³-hybridized carbons (Fsp3) is 0.571. The number of aryl methyl sites for hydroxylation is 1. The van der Waals surface area contributed by atoms with E-state index in [0.29, 0.717) is 0 Å². The largest absolute Gasteiger partial charge is 0.368 e. The first-order chi connectivity index (χ1) is 9.20. The Morgan fingerprint density at radius 2 is 2.00 bits per heavy atom. The lowest BCUT2D eigenvalue weighted by Crippen LogP contribution is -2.46. The maximum atomic E-state index is 6.33. The Morgan fingerprint density at radius 3 is 2.63 bits per heavy atom. The minimum absolute atomic E-state index is 0.871. The highest BCUT2D eigenvalue weighted by molar-refractivity contribution is 7.97. The van der Waals surface area contributed by atoms with Gasteiger partial charge in [0, 0.05) is 32.7 Å². The van der Waals surface area contributed by atoms with Crippen molar-refractivity contribution in [1.82, 2.24) is 9.62 Å². The van der Waals surface area contributed by atoms with Crippen molar-refractivity contribution >= 4 is 29.2 Å². The highest BCUT2D eigenvalue weighted by Crippen LogP contribution is 2.27. The summed E-state index contributed by atoms with van der Waals surface area (Å²) in [7, 11) is 0. The quantitative estimate of drug-likeness (QED) is 0.665. The highest BCUT2D eigenvalue weighted by Gasteiger charge is 2.18. The molecule has 1 aromatic rings. The second-order valence-corrected chi connectivity index (χ2v) is 6.07. The summed E-state index contributed by atoms with van der Waals surface area (Å²) in [5.74, 6) is 1.06. The van der Waals surface area contributed by atoms with E-state index in [-0.39, 0.29) is 0 Å². The van der Waals surface area contributed by atoms with Gasteiger partial charge in [-0.3, -0.25) is 9.62 Å². The van der Waals surface area contributed by atoms with Crippen molar-refractivity contribution in [3.05, 3.63) is 28.8 Å². The zero-order valence-electron chi connectivity index (χ0n) is 11.7. The van der Waals surface area contributed by atoms with Gasteiger partial charge >= 0.3 is 0 Å². The van der Waals surface area contributed by atoms with E-state index < -0.39 is 0 Å². The summed E-state index contributed by atoms with van der Waals surface area (Å²) in [6.45, 7) is 9.52. The van der Waals surface area contributed by atoms with Crippen LogP contribution in [0.15, 0.2) is 18.2 Å². The molecule has 1 heterocycles. The fourth-order valence-corrected chi connectivity index (χ4v) is 3.32. The molecule has 2 rings (SSSR count). The van der Waals surface area contributed by atoms with Crippen LogP contribution >= 0.6 is 23.5 Å². The van der Waals surface area contributed by atoms with Crippen molar-refractivity contribution in [1.29, 1.82) is 0 Å². The molecule has 3 nitrogen and oxygen atoms in total. The number of piperazine rings is 1. The summed E-state index contributed by atoms with van der Waals surface area (Å²) < 4.78 is 3.29. The Kier molecular flexibility index (Phi) is 5.82. The normalized spacial score (nSPS) is 16.9. The fourth-order valence-electron chi connectivity index (χ4n) is 2.23. The third-order valence-corrected chi connectivity index (χ3v) is 4.60. The van der Waals surface area contributed by atoms with Gasteiger partial charge in [0.05, 0.1) is 16.6 Å². The molecule has 0 unspecified atom stereocenters. The monoisotopic (exact) mass is 299 g/mol. The molecular formula is C14H22ClN3S. The molecule has 0 bridgehead atoms. The van der Waals surface area contributed by atoms with Gasteiger partial charge in [-0.25, -0.2) is 0 Å². The molecule has 1 aliphatic rings. The SMILES string of the molecule is CCNSCN1CCN(c2ccc(C)cc2Cl)CC1. The van der Waals surface area contributed by atoms with Crippen LogP contribution in [0, 0.1) is 6.92 Å². The Hall–Kier alpha value is -0.420. The van der Waals surface area contributed by atoms with Gasteiger partial charge in [0.1, 0.15) is 0 Å². The van der Waals surface area contributed by atoms with Crippen molar-refractivity contribution in [2.75, 3.05) is 43.5 Å². The van der Waals surface area contributed by atoms with Crippen LogP contribution < -0.4 is 9.62 Å². The lowest BCUT2D eigenvalue weighted by atomic mass is 10.2. The number of halogens is 1. The zero-order chi connectivity index (χ0) is 13.7. The van der Waals surface area contributed by atoms with Gasteiger partial charge in [-0.05, 0) is 24.6 Å². The van der Waals surface area contributed by atoms with Crippen LogP contribution in [0.5, 0.6) is 0 Å². The smallest absolute Gasteiger partial charge is 0.0642 e. The summed E-state index contributed by atoms with van der Waals surface area (Å²) in [5.41, 5.74) is 2.39. The summed E-state index contributed by atoms with van der Waals surface area (Å²) in [6, 6.07) is 6.32. The third kappa shape index (κ3) is 4.28. The first kappa shape index (κ1) is 15.0. The maximum Gasteiger partial charge on any atom is 0.0642 e. The zero-order valence-corrected chi connectivity index (χ0v) is 13.2. The van der Waals surface area contributed by atoms with Gasteiger partial charge in [0.25, 0.3) is 0 Å². The number of anilines is 1. The van der Waals surface area contributed by atoms with Gasteiger partial charge in [0.15, 0.2) is 0 Å². The van der Waals surface area contributed by atoms with Gasteiger partial charge in [-0.1, -0.05) is 36.5 Å². The molecule has 0 spiro atoms. The van der Waals surface area contributed by atoms with Crippen molar-refractivity contribution in [3.63, 3.8) is 0 Å². The van der Waals surface area contributed by atoms with Gasteiger partial charge in [0.2, 0.25) is 0 Å². The summed E-state index contributed by atoms with van der Waals surface area (Å²) >= 11 is 8.13. The van der Waals surface area contributed by atoms with E-state index in [1.807, 2.05) is 6.07 Å². The Bertz CT molecular complexity index is 406. The summed E-state index contributed by atoms with van der Waals surface area (Å²) in [6.07, 6.45) is 0. The van der Waals surface area contributed by atoms with E-state index in [9.17, 15) is 0 Å². The molecule has 0 amide bonds. The second-order valence-electron chi connectivity index (χ2n) is 4.83. The van der Waals surface area contributed by atoms with E-state index in [4.69, 9.17) is 11.6 Å². The number of nitrogens with one attached hydrogen (secondary N) is 1. The van der Waals surface area contributed by atoms with Crippen LogP contribution in [0.1, 0.15) is 12.5 Å². The maximum absolute atomic E-state index is 6.33. The van der Waals surface area contributed by atoms with Crippen molar-refractivity contribution in [3.8, 4) is 0 Å². The molecule has 106 valence electrons. The first-order valence-electron chi connectivity index (χ1n) is 6.79. The molecule has 0 saturated carbocycles. The number of rotatable bonds is 5. The average Bonchev–Trinajstić information content (AvgIpc) is 2.40. The van der Waals surface area contributed by atoms with Crippen LogP contribution in [-0.2, 0) is 0 Å². The highest BCUT2D eigenvalue weighted by atomic mass is 35.5. The summed E-state index contributed by atoms with van der Waals surface area (Å²) in [5, 5.41) is 0.871. The van der Waals surface area contributed by atoms with Gasteiger partial charge < -0.3 is 4.90 Å². The Labute approximate surface area is 125 Å². The molecule has 1 aromatic carbocycles. The van der Waals surface area contributed by atoms with E-state index >= 15 is 0 Å². The van der Waals surface area contributed by atoms with Crippen LogP contribution in [0.3, 0.4) is 0 Å². The van der Waals surface area contributed by atoms with Crippen LogP contribution in [0.25, 0.3) is 0 Å². The predicted octanol–water partition coefficient (Wildman–Crippen LogP) is 2.99. The van der Waals surface area contributed by atoms with Crippen LogP contribution in [0.2, 0.25) is 5.02 Å². The number of hydrogen-bond donors (Lipinski definition) is 1. The lowest BCUT2D eigenvalue weighted by molar-refractivity contribution is 0.300. The second kappa shape index (κ2) is 7.39. The standard InChI is InChI=1S/C14H22ClN3S/c1-3-16-19-11-17-6-8-18(9-7-17)14-5-4-12(2)10-13(14)15/h4-5,10,16H,3,6-9,11H2,1-2H3. The number of benzene rings is 1. The van der Waals surface area contributed by atoms with E-state index in [1.54, 1.807) is 11.9 Å². The number of nitrogens with zero attached hydrogens (tertiary/aromatic N) is 2. The number of hydrogen-bond acceptors (Lipinski definition) is 4. The molecule has 1 fully saturated rings. The third-order valence-electron chi connectivity index (χ3n) is 3.31. The van der Waals surface area contributed by atoms with Crippen molar-refractivity contribution < 1.29 is 0 Å². The van der Waals surface area contributed by atoms with Crippen LogP contribution in [0.4, 0.5) is 5.69 Å². The van der Waals surface area contributed by atoms with Crippen LogP contribution in [-0.4, -0.2) is 43.5 Å².